The molecule has 2 atom stereocenters. The average Bonchev–Trinajstić information content (AvgIpc) is 2.46. The average molecular weight is 398 g/mol. The molecule has 0 fully saturated rings. The van der Waals surface area contributed by atoms with Gasteiger partial charge in [0.15, 0.2) is 0 Å². The van der Waals surface area contributed by atoms with Gasteiger partial charge in [-0.15, -0.1) is 0 Å². The second-order valence-corrected chi connectivity index (χ2v) is 8.10. The molecule has 0 aliphatic rings. The molecule has 2 rings (SSSR count). The van der Waals surface area contributed by atoms with Crippen LogP contribution in [0.15, 0.2) is 60.7 Å². The minimum absolute atomic E-state index is 0.0531. The van der Waals surface area contributed by atoms with E-state index in [0.29, 0.717) is 0 Å². The number of aliphatic carboxylic acids is 1. The summed E-state index contributed by atoms with van der Waals surface area (Å²) in [5, 5.41) is 9.02. The molecule has 20 heavy (non-hydrogen) atoms. The molecule has 104 valence electrons. The maximum absolute atomic E-state index is 11.0. The summed E-state index contributed by atoms with van der Waals surface area (Å²) in [6.07, 6.45) is 0.133. The standard InChI is InChI=1S/C16H15BrO2Se/c17-14(11-15(18)19)16(12-7-3-1-4-8-12)20-13-9-5-2-6-10-13/h1-10,14,16H,11H2,(H,18,19)/t14-,16+/m1/s1. The van der Waals surface area contributed by atoms with Crippen LogP contribution in [0.2, 0.25) is 0 Å². The summed E-state index contributed by atoms with van der Waals surface area (Å²) < 4.78 is 1.28. The topological polar surface area (TPSA) is 37.3 Å². The van der Waals surface area contributed by atoms with E-state index in [4.69, 9.17) is 5.11 Å². The van der Waals surface area contributed by atoms with Gasteiger partial charge in [0.1, 0.15) is 0 Å². The number of hydrogen-bond acceptors (Lipinski definition) is 1. The van der Waals surface area contributed by atoms with Crippen LogP contribution in [-0.4, -0.2) is 30.9 Å². The van der Waals surface area contributed by atoms with Gasteiger partial charge in [-0.25, -0.2) is 0 Å². The molecule has 4 heteroatoms. The molecule has 2 aromatic carbocycles. The second kappa shape index (κ2) is 7.63. The minimum atomic E-state index is -0.767. The monoisotopic (exact) mass is 398 g/mol. The Balaban J connectivity index is 2.22. The molecule has 2 aromatic rings. The zero-order valence-corrected chi connectivity index (χ0v) is 14.1. The van der Waals surface area contributed by atoms with Crippen molar-refractivity contribution in [3.05, 3.63) is 66.2 Å². The molecule has 0 saturated carbocycles. The van der Waals surface area contributed by atoms with Gasteiger partial charge in [0, 0.05) is 0 Å². The second-order valence-electron chi connectivity index (χ2n) is 4.38. The van der Waals surface area contributed by atoms with E-state index in [2.05, 4.69) is 40.2 Å². The maximum atomic E-state index is 11.0. The molecular formula is C16H15BrO2Se. The number of hydrogen-bond donors (Lipinski definition) is 1. The summed E-state index contributed by atoms with van der Waals surface area (Å²) in [5.74, 6) is -0.767. The van der Waals surface area contributed by atoms with Gasteiger partial charge in [0.05, 0.1) is 0 Å². The third kappa shape index (κ3) is 4.48. The number of alkyl halides is 1. The molecular weight excluding hydrogens is 383 g/mol. The summed E-state index contributed by atoms with van der Waals surface area (Å²) in [6.45, 7) is 0. The molecule has 0 aliphatic carbocycles. The van der Waals surface area contributed by atoms with Crippen molar-refractivity contribution in [3.8, 4) is 0 Å². The van der Waals surface area contributed by atoms with Gasteiger partial charge in [-0.2, -0.15) is 0 Å². The van der Waals surface area contributed by atoms with Crippen LogP contribution in [0.25, 0.3) is 0 Å². The van der Waals surface area contributed by atoms with Crippen LogP contribution in [0.1, 0.15) is 16.8 Å². The summed E-state index contributed by atoms with van der Waals surface area (Å²) >= 11 is 3.76. The fraction of sp³-hybridized carbons (Fsp3) is 0.188. The predicted molar refractivity (Wildman–Crippen MR) is 86.0 cm³/mol. The Kier molecular flexibility index (Phi) is 5.84. The third-order valence-corrected chi connectivity index (χ3v) is 7.41. The fourth-order valence-electron chi connectivity index (χ4n) is 1.91. The van der Waals surface area contributed by atoms with Crippen molar-refractivity contribution in [1.29, 1.82) is 0 Å². The first-order chi connectivity index (χ1) is 9.66. The van der Waals surface area contributed by atoms with Gasteiger partial charge in [0.2, 0.25) is 0 Å². The molecule has 0 saturated heterocycles. The van der Waals surface area contributed by atoms with E-state index in [-0.39, 0.29) is 31.0 Å². The van der Waals surface area contributed by atoms with E-state index < -0.39 is 5.97 Å². The van der Waals surface area contributed by atoms with Gasteiger partial charge in [-0.1, -0.05) is 0 Å². The zero-order chi connectivity index (χ0) is 14.4. The Hall–Kier alpha value is -1.09. The predicted octanol–water partition coefficient (Wildman–Crippen LogP) is 3.00. The van der Waals surface area contributed by atoms with Crippen LogP contribution in [0, 0.1) is 0 Å². The van der Waals surface area contributed by atoms with E-state index >= 15 is 0 Å². The Morgan fingerprint density at radius 2 is 1.60 bits per heavy atom. The Morgan fingerprint density at radius 3 is 2.15 bits per heavy atom. The van der Waals surface area contributed by atoms with Gasteiger partial charge < -0.3 is 0 Å². The molecule has 0 amide bonds. The first kappa shape index (κ1) is 15.3. The third-order valence-electron chi connectivity index (χ3n) is 2.83. The Morgan fingerprint density at radius 1 is 1.05 bits per heavy atom. The summed E-state index contributed by atoms with van der Waals surface area (Å²) in [6, 6.07) is 20.4. The van der Waals surface area contributed by atoms with Crippen molar-refractivity contribution in [2.75, 3.05) is 0 Å². The molecule has 0 heterocycles. The number of benzene rings is 2. The van der Waals surface area contributed by atoms with Gasteiger partial charge in [0.25, 0.3) is 0 Å². The Bertz CT molecular complexity index is 545. The number of carboxylic acid groups (broad SMARTS) is 1. The van der Waals surface area contributed by atoms with Crippen molar-refractivity contribution in [2.45, 2.75) is 16.1 Å². The van der Waals surface area contributed by atoms with Crippen molar-refractivity contribution in [3.63, 3.8) is 0 Å². The molecule has 2 nitrogen and oxygen atoms in total. The van der Waals surface area contributed by atoms with Crippen molar-refractivity contribution in [2.24, 2.45) is 0 Å². The molecule has 0 spiro atoms. The zero-order valence-electron chi connectivity index (χ0n) is 10.8. The molecule has 0 aliphatic heterocycles. The van der Waals surface area contributed by atoms with E-state index in [1.165, 1.54) is 10.0 Å². The first-order valence-corrected chi connectivity index (χ1v) is 9.05. The van der Waals surface area contributed by atoms with Gasteiger partial charge in [-0.3, -0.25) is 0 Å². The summed E-state index contributed by atoms with van der Waals surface area (Å²) in [4.78, 5) is 11.1. The molecule has 0 bridgehead atoms. The molecule has 0 aromatic heterocycles. The van der Waals surface area contributed by atoms with Crippen molar-refractivity contribution < 1.29 is 9.90 Å². The van der Waals surface area contributed by atoms with E-state index in [0.717, 1.165) is 0 Å². The fourth-order valence-corrected chi connectivity index (χ4v) is 5.46. The molecule has 0 unspecified atom stereocenters. The quantitative estimate of drug-likeness (QED) is 0.600. The number of rotatable bonds is 6. The van der Waals surface area contributed by atoms with Gasteiger partial charge >= 0.3 is 134 Å². The van der Waals surface area contributed by atoms with Gasteiger partial charge in [-0.05, 0) is 0 Å². The number of carboxylic acids is 1. The van der Waals surface area contributed by atoms with Crippen LogP contribution >= 0.6 is 15.9 Å². The van der Waals surface area contributed by atoms with Crippen LogP contribution in [-0.2, 0) is 4.79 Å². The van der Waals surface area contributed by atoms with Crippen molar-refractivity contribution in [1.82, 2.24) is 0 Å². The van der Waals surface area contributed by atoms with Crippen molar-refractivity contribution >= 4 is 41.3 Å². The van der Waals surface area contributed by atoms with E-state index in [9.17, 15) is 4.79 Å². The van der Waals surface area contributed by atoms with E-state index in [1.54, 1.807) is 0 Å². The van der Waals surface area contributed by atoms with Crippen LogP contribution in [0.4, 0.5) is 0 Å². The first-order valence-electron chi connectivity index (χ1n) is 6.29. The van der Waals surface area contributed by atoms with E-state index in [1.807, 2.05) is 36.4 Å². The molecule has 1 N–H and O–H groups in total. The summed E-state index contributed by atoms with van der Waals surface area (Å²) in [5.41, 5.74) is 1.19. The van der Waals surface area contributed by atoms with Crippen LogP contribution in [0.3, 0.4) is 0 Å². The van der Waals surface area contributed by atoms with Crippen LogP contribution in [0.5, 0.6) is 0 Å². The number of carbonyl (C=O) groups is 1. The molecule has 0 radical (unpaired) electrons. The SMILES string of the molecule is O=C(O)C[C@@H](Br)[C@@H]([Se]c1ccccc1)c1ccccc1. The number of halogens is 1. The van der Waals surface area contributed by atoms with Crippen LogP contribution < -0.4 is 4.46 Å². The summed E-state index contributed by atoms with van der Waals surface area (Å²) in [7, 11) is 0. The normalized spacial score (nSPS) is 13.7. The Labute approximate surface area is 133 Å².